The summed E-state index contributed by atoms with van der Waals surface area (Å²) in [7, 11) is 1.94. The fourth-order valence-electron chi connectivity index (χ4n) is 3.97. The van der Waals surface area contributed by atoms with Crippen LogP contribution in [0.5, 0.6) is 0 Å². The van der Waals surface area contributed by atoms with Crippen LogP contribution in [0.3, 0.4) is 0 Å². The van der Waals surface area contributed by atoms with Crippen LogP contribution >= 0.6 is 24.0 Å². The third kappa shape index (κ3) is 6.17. The molecule has 0 amide bonds. The molecule has 2 aromatic rings. The number of rotatable bonds is 7. The van der Waals surface area contributed by atoms with E-state index in [0.717, 1.165) is 42.3 Å². The molecule has 0 spiro atoms. The third-order valence-corrected chi connectivity index (χ3v) is 6.09. The van der Waals surface area contributed by atoms with E-state index in [1.165, 1.54) is 17.7 Å². The Kier molecular flexibility index (Phi) is 8.63. The molecule has 1 aromatic carbocycles. The van der Waals surface area contributed by atoms with E-state index in [4.69, 9.17) is 4.99 Å². The Morgan fingerprint density at radius 2 is 1.97 bits per heavy atom. The fraction of sp³-hybridized carbons (Fsp3) is 0.565. The lowest BCUT2D eigenvalue weighted by atomic mass is 9.94. The van der Waals surface area contributed by atoms with Crippen molar-refractivity contribution in [2.75, 3.05) is 13.1 Å². The predicted octanol–water partition coefficient (Wildman–Crippen LogP) is 4.89. The SMILES string of the molecule is CCNC(=NCC1(c2cccc(C(F)(F)F)c2)CC1)NC(C)Cc1c(C)nn(C)c1C.I. The minimum atomic E-state index is -4.33. The summed E-state index contributed by atoms with van der Waals surface area (Å²) in [5, 5.41) is 11.2. The zero-order valence-corrected chi connectivity index (χ0v) is 21.6. The first kappa shape index (κ1) is 26.5. The highest BCUT2D eigenvalue weighted by Gasteiger charge is 2.45. The fourth-order valence-corrected chi connectivity index (χ4v) is 3.97. The zero-order valence-electron chi connectivity index (χ0n) is 19.3. The highest BCUT2D eigenvalue weighted by molar-refractivity contribution is 14.0. The van der Waals surface area contributed by atoms with E-state index in [9.17, 15) is 13.2 Å². The second kappa shape index (κ2) is 10.4. The van der Waals surface area contributed by atoms with Gasteiger partial charge in [-0.1, -0.05) is 18.2 Å². The summed E-state index contributed by atoms with van der Waals surface area (Å²) >= 11 is 0. The molecule has 9 heteroatoms. The van der Waals surface area contributed by atoms with Gasteiger partial charge in [-0.25, -0.2) is 0 Å². The summed E-state index contributed by atoms with van der Waals surface area (Å²) in [5.41, 5.74) is 3.22. The number of nitrogens with one attached hydrogen (secondary N) is 2. The van der Waals surface area contributed by atoms with Crippen LogP contribution in [0.25, 0.3) is 0 Å². The number of halogens is 4. The van der Waals surface area contributed by atoms with Gasteiger partial charge in [0.25, 0.3) is 0 Å². The van der Waals surface area contributed by atoms with Gasteiger partial charge in [-0.2, -0.15) is 18.3 Å². The van der Waals surface area contributed by atoms with Crippen LogP contribution in [-0.4, -0.2) is 34.9 Å². The van der Waals surface area contributed by atoms with Gasteiger partial charge in [-0.3, -0.25) is 9.67 Å². The molecule has 1 saturated carbocycles. The Labute approximate surface area is 205 Å². The van der Waals surface area contributed by atoms with E-state index in [-0.39, 0.29) is 35.4 Å². The van der Waals surface area contributed by atoms with Gasteiger partial charge in [-0.15, -0.1) is 24.0 Å². The van der Waals surface area contributed by atoms with E-state index in [0.29, 0.717) is 19.0 Å². The molecule has 0 radical (unpaired) electrons. The molecule has 1 atom stereocenters. The molecule has 1 aliphatic carbocycles. The van der Waals surface area contributed by atoms with Gasteiger partial charge in [0.2, 0.25) is 0 Å². The summed E-state index contributed by atoms with van der Waals surface area (Å²) in [4.78, 5) is 4.74. The Morgan fingerprint density at radius 3 is 2.50 bits per heavy atom. The molecule has 0 saturated heterocycles. The molecular weight excluding hydrogens is 530 g/mol. The average Bonchev–Trinajstić information content (AvgIpc) is 3.46. The molecule has 0 aliphatic heterocycles. The number of aryl methyl sites for hydroxylation is 2. The summed E-state index contributed by atoms with van der Waals surface area (Å²) in [5.74, 6) is 0.687. The van der Waals surface area contributed by atoms with Gasteiger partial charge in [0.15, 0.2) is 5.96 Å². The number of benzene rings is 1. The smallest absolute Gasteiger partial charge is 0.357 e. The molecule has 2 N–H and O–H groups in total. The van der Waals surface area contributed by atoms with Crippen molar-refractivity contribution >= 4 is 29.9 Å². The Bertz CT molecular complexity index is 948. The van der Waals surface area contributed by atoms with Crippen LogP contribution in [0.4, 0.5) is 13.2 Å². The first-order chi connectivity index (χ1) is 14.6. The lowest BCUT2D eigenvalue weighted by molar-refractivity contribution is -0.137. The lowest BCUT2D eigenvalue weighted by Gasteiger charge is -2.20. The van der Waals surface area contributed by atoms with Crippen molar-refractivity contribution in [2.24, 2.45) is 12.0 Å². The van der Waals surface area contributed by atoms with Gasteiger partial charge < -0.3 is 10.6 Å². The molecule has 1 aromatic heterocycles. The van der Waals surface area contributed by atoms with Gasteiger partial charge in [0, 0.05) is 30.7 Å². The van der Waals surface area contributed by atoms with Crippen LogP contribution in [0.15, 0.2) is 29.3 Å². The standard InChI is InChI=1S/C23H32F3N5.HI/c1-6-27-21(29-15(2)12-20-16(3)30-31(5)17(20)4)28-14-22(10-11-22)18-8-7-9-19(13-18)23(24,25)26;/h7-9,13,15H,6,10-12,14H2,1-5H3,(H2,27,28,29);1H. The summed E-state index contributed by atoms with van der Waals surface area (Å²) in [6.07, 6.45) is -1.82. The van der Waals surface area contributed by atoms with Crippen molar-refractivity contribution in [3.63, 3.8) is 0 Å². The number of aliphatic imine (C=N–C) groups is 1. The Hall–Kier alpha value is -1.78. The topological polar surface area (TPSA) is 54.2 Å². The second-order valence-electron chi connectivity index (χ2n) is 8.58. The van der Waals surface area contributed by atoms with Crippen LogP contribution in [0, 0.1) is 13.8 Å². The highest BCUT2D eigenvalue weighted by atomic mass is 127. The van der Waals surface area contributed by atoms with Gasteiger partial charge >= 0.3 is 6.18 Å². The van der Waals surface area contributed by atoms with Crippen molar-refractivity contribution in [2.45, 2.75) is 64.6 Å². The van der Waals surface area contributed by atoms with Crippen molar-refractivity contribution in [3.8, 4) is 0 Å². The summed E-state index contributed by atoms with van der Waals surface area (Å²) in [6.45, 7) is 9.34. The maximum atomic E-state index is 13.1. The molecule has 1 unspecified atom stereocenters. The van der Waals surface area contributed by atoms with E-state index >= 15 is 0 Å². The first-order valence-electron chi connectivity index (χ1n) is 10.8. The first-order valence-corrected chi connectivity index (χ1v) is 10.8. The molecule has 5 nitrogen and oxygen atoms in total. The second-order valence-corrected chi connectivity index (χ2v) is 8.58. The monoisotopic (exact) mass is 563 g/mol. The number of aromatic nitrogens is 2. The van der Waals surface area contributed by atoms with E-state index < -0.39 is 11.7 Å². The van der Waals surface area contributed by atoms with Gasteiger partial charge in [0.1, 0.15) is 0 Å². The molecule has 3 rings (SSSR count). The van der Waals surface area contributed by atoms with Crippen molar-refractivity contribution in [1.29, 1.82) is 0 Å². The number of guanidine groups is 1. The maximum Gasteiger partial charge on any atom is 0.416 e. The molecule has 0 bridgehead atoms. The van der Waals surface area contributed by atoms with Gasteiger partial charge in [-0.05, 0) is 64.2 Å². The quantitative estimate of drug-likeness (QED) is 0.287. The third-order valence-electron chi connectivity index (χ3n) is 6.09. The molecule has 32 heavy (non-hydrogen) atoms. The van der Waals surface area contributed by atoms with E-state index in [1.807, 2.05) is 25.6 Å². The average molecular weight is 563 g/mol. The number of alkyl halides is 3. The van der Waals surface area contributed by atoms with Gasteiger partial charge in [0.05, 0.1) is 17.8 Å². The van der Waals surface area contributed by atoms with Crippen LogP contribution in [0.1, 0.15) is 54.8 Å². The number of nitrogens with zero attached hydrogens (tertiary/aromatic N) is 3. The van der Waals surface area contributed by atoms with E-state index in [2.05, 4.69) is 29.6 Å². The summed E-state index contributed by atoms with van der Waals surface area (Å²) in [6, 6.07) is 5.81. The van der Waals surface area contributed by atoms with Crippen molar-refractivity contribution < 1.29 is 13.2 Å². The normalized spacial score (nSPS) is 16.3. The lowest BCUT2D eigenvalue weighted by Crippen LogP contribution is -2.43. The van der Waals surface area contributed by atoms with Crippen LogP contribution < -0.4 is 10.6 Å². The van der Waals surface area contributed by atoms with E-state index in [1.54, 1.807) is 6.07 Å². The molecule has 1 aliphatic rings. The minimum Gasteiger partial charge on any atom is -0.357 e. The largest absolute Gasteiger partial charge is 0.416 e. The van der Waals surface area contributed by atoms with Crippen LogP contribution in [-0.2, 0) is 25.1 Å². The predicted molar refractivity (Wildman–Crippen MR) is 133 cm³/mol. The summed E-state index contributed by atoms with van der Waals surface area (Å²) < 4.78 is 41.2. The maximum absolute atomic E-state index is 13.1. The zero-order chi connectivity index (χ0) is 22.8. The Balaban J connectivity index is 0.00000363. The number of hydrogen-bond donors (Lipinski definition) is 2. The Morgan fingerprint density at radius 1 is 1.28 bits per heavy atom. The van der Waals surface area contributed by atoms with Crippen molar-refractivity contribution in [1.82, 2.24) is 20.4 Å². The molecular formula is C23H33F3IN5. The van der Waals surface area contributed by atoms with Crippen LogP contribution in [0.2, 0.25) is 0 Å². The molecule has 178 valence electrons. The van der Waals surface area contributed by atoms with Crippen molar-refractivity contribution in [3.05, 3.63) is 52.3 Å². The number of hydrogen-bond acceptors (Lipinski definition) is 2. The molecule has 1 fully saturated rings. The molecule has 1 heterocycles. The minimum absolute atomic E-state index is 0. The highest BCUT2D eigenvalue weighted by Crippen LogP contribution is 2.49.